The molecule has 0 aliphatic rings. The number of nitrogens with zero attached hydrogens (tertiary/aromatic N) is 2. The molecule has 0 bridgehead atoms. The van der Waals surface area contributed by atoms with E-state index in [1.165, 1.54) is 11.3 Å². The van der Waals surface area contributed by atoms with Gasteiger partial charge >= 0.3 is 0 Å². The number of hydrogen-bond acceptors (Lipinski definition) is 2. The Morgan fingerprint density at radius 1 is 1.25 bits per heavy atom. The van der Waals surface area contributed by atoms with Gasteiger partial charge in [0.05, 0.1) is 5.69 Å². The number of rotatable bonds is 4. The molecule has 0 atom stereocenters. The molecular weight excluding hydrogens is 198 g/mol. The van der Waals surface area contributed by atoms with Crippen molar-refractivity contribution >= 4 is 0 Å². The van der Waals surface area contributed by atoms with E-state index < -0.39 is 0 Å². The summed E-state index contributed by atoms with van der Waals surface area (Å²) in [6.07, 6.45) is 2.10. The van der Waals surface area contributed by atoms with Crippen molar-refractivity contribution in [3.05, 3.63) is 17.0 Å². The fraction of sp³-hybridized carbons (Fsp3) is 0.769. The second-order valence-corrected chi connectivity index (χ2v) is 5.76. The Bertz CT molecular complexity index is 345. The van der Waals surface area contributed by atoms with Crippen molar-refractivity contribution in [3.63, 3.8) is 0 Å². The van der Waals surface area contributed by atoms with Crippen LogP contribution in [0.5, 0.6) is 0 Å². The molecule has 0 saturated carbocycles. The van der Waals surface area contributed by atoms with E-state index in [4.69, 9.17) is 5.73 Å². The summed E-state index contributed by atoms with van der Waals surface area (Å²) in [4.78, 5) is 0. The van der Waals surface area contributed by atoms with Crippen molar-refractivity contribution in [1.82, 2.24) is 9.78 Å². The van der Waals surface area contributed by atoms with Crippen LogP contribution >= 0.6 is 0 Å². The topological polar surface area (TPSA) is 43.8 Å². The minimum absolute atomic E-state index is 0.272. The summed E-state index contributed by atoms with van der Waals surface area (Å²) in [6.45, 7) is 12.7. The van der Waals surface area contributed by atoms with Crippen LogP contribution in [0, 0.1) is 19.3 Å². The van der Waals surface area contributed by atoms with Crippen LogP contribution in [0.3, 0.4) is 0 Å². The highest BCUT2D eigenvalue weighted by atomic mass is 15.3. The van der Waals surface area contributed by atoms with Crippen LogP contribution in [0.1, 0.15) is 44.1 Å². The Kier molecular flexibility index (Phi) is 4.14. The molecule has 1 rings (SSSR count). The van der Waals surface area contributed by atoms with Crippen molar-refractivity contribution in [1.29, 1.82) is 0 Å². The van der Waals surface area contributed by atoms with Gasteiger partial charge in [0.2, 0.25) is 0 Å². The first-order chi connectivity index (χ1) is 7.35. The average molecular weight is 223 g/mol. The molecule has 1 aromatic heterocycles. The van der Waals surface area contributed by atoms with Gasteiger partial charge in [0.1, 0.15) is 0 Å². The van der Waals surface area contributed by atoms with Crippen LogP contribution in [-0.2, 0) is 13.0 Å². The van der Waals surface area contributed by atoms with E-state index in [0.29, 0.717) is 0 Å². The molecule has 0 unspecified atom stereocenters. The van der Waals surface area contributed by atoms with Crippen LogP contribution in [-0.4, -0.2) is 16.3 Å². The molecule has 0 fully saturated rings. The second-order valence-electron chi connectivity index (χ2n) is 5.76. The first-order valence-electron chi connectivity index (χ1n) is 6.08. The van der Waals surface area contributed by atoms with E-state index in [9.17, 15) is 0 Å². The highest BCUT2D eigenvalue weighted by molar-refractivity contribution is 5.24. The molecule has 0 radical (unpaired) electrons. The van der Waals surface area contributed by atoms with Gasteiger partial charge in [-0.3, -0.25) is 4.68 Å². The van der Waals surface area contributed by atoms with Gasteiger partial charge in [-0.05, 0) is 44.2 Å². The SMILES string of the molecule is Cc1nn(CC(C)(C)C)c(C)c1CCCN. The summed E-state index contributed by atoms with van der Waals surface area (Å²) in [7, 11) is 0. The minimum atomic E-state index is 0.272. The Balaban J connectivity index is 2.88. The zero-order valence-corrected chi connectivity index (χ0v) is 11.3. The highest BCUT2D eigenvalue weighted by Gasteiger charge is 2.16. The van der Waals surface area contributed by atoms with E-state index in [1.807, 2.05) is 0 Å². The fourth-order valence-corrected chi connectivity index (χ4v) is 1.98. The van der Waals surface area contributed by atoms with Crippen LogP contribution < -0.4 is 5.73 Å². The molecule has 2 N–H and O–H groups in total. The standard InChI is InChI=1S/C13H25N3/c1-10-12(7-6-8-14)11(2)16(15-10)9-13(3,4)5/h6-9,14H2,1-5H3. The maximum Gasteiger partial charge on any atom is 0.0628 e. The van der Waals surface area contributed by atoms with Crippen molar-refractivity contribution in [2.45, 2.75) is 54.0 Å². The number of nitrogens with two attached hydrogens (primary N) is 1. The smallest absolute Gasteiger partial charge is 0.0628 e. The van der Waals surface area contributed by atoms with Crippen LogP contribution in [0.25, 0.3) is 0 Å². The molecule has 0 saturated heterocycles. The molecule has 16 heavy (non-hydrogen) atoms. The fourth-order valence-electron chi connectivity index (χ4n) is 1.98. The Morgan fingerprint density at radius 2 is 1.88 bits per heavy atom. The van der Waals surface area contributed by atoms with Crippen LogP contribution in [0.2, 0.25) is 0 Å². The molecular formula is C13H25N3. The molecule has 1 aromatic rings. The molecule has 0 aliphatic carbocycles. The molecule has 0 spiro atoms. The van der Waals surface area contributed by atoms with E-state index in [2.05, 4.69) is 44.4 Å². The number of hydrogen-bond donors (Lipinski definition) is 1. The lowest BCUT2D eigenvalue weighted by Crippen LogP contribution is -2.17. The van der Waals surface area contributed by atoms with Gasteiger partial charge in [0, 0.05) is 12.2 Å². The van der Waals surface area contributed by atoms with Crippen LogP contribution in [0.4, 0.5) is 0 Å². The molecule has 3 nitrogen and oxygen atoms in total. The van der Waals surface area contributed by atoms with Gasteiger partial charge in [-0.2, -0.15) is 5.10 Å². The summed E-state index contributed by atoms with van der Waals surface area (Å²) in [5, 5.41) is 4.62. The molecule has 0 aromatic carbocycles. The second kappa shape index (κ2) is 5.00. The van der Waals surface area contributed by atoms with Gasteiger partial charge in [0.15, 0.2) is 0 Å². The maximum absolute atomic E-state index is 5.56. The van der Waals surface area contributed by atoms with E-state index in [-0.39, 0.29) is 5.41 Å². The summed E-state index contributed by atoms with van der Waals surface area (Å²) in [6, 6.07) is 0. The van der Waals surface area contributed by atoms with Crippen molar-refractivity contribution < 1.29 is 0 Å². The molecule has 0 amide bonds. The minimum Gasteiger partial charge on any atom is -0.330 e. The molecule has 1 heterocycles. The highest BCUT2D eigenvalue weighted by Crippen LogP contribution is 2.21. The predicted octanol–water partition coefficient (Wildman–Crippen LogP) is 2.44. The first kappa shape index (κ1) is 13.2. The molecule has 92 valence electrons. The summed E-state index contributed by atoms with van der Waals surface area (Å²) in [5.41, 5.74) is 9.68. The van der Waals surface area contributed by atoms with Gasteiger partial charge in [0.25, 0.3) is 0 Å². The van der Waals surface area contributed by atoms with E-state index in [1.54, 1.807) is 0 Å². The summed E-state index contributed by atoms with van der Waals surface area (Å²) >= 11 is 0. The van der Waals surface area contributed by atoms with Gasteiger partial charge in [-0.15, -0.1) is 0 Å². The van der Waals surface area contributed by atoms with Crippen molar-refractivity contribution in [2.75, 3.05) is 6.54 Å². The first-order valence-corrected chi connectivity index (χ1v) is 6.08. The van der Waals surface area contributed by atoms with Gasteiger partial charge in [-0.1, -0.05) is 20.8 Å². The quantitative estimate of drug-likeness (QED) is 0.852. The molecule has 0 aliphatic heterocycles. The summed E-state index contributed by atoms with van der Waals surface area (Å²) < 4.78 is 2.14. The van der Waals surface area contributed by atoms with E-state index in [0.717, 1.165) is 31.6 Å². The third-order valence-electron chi connectivity index (χ3n) is 2.79. The lowest BCUT2D eigenvalue weighted by atomic mass is 9.97. The lowest BCUT2D eigenvalue weighted by Gasteiger charge is -2.19. The monoisotopic (exact) mass is 223 g/mol. The number of aromatic nitrogens is 2. The Labute approximate surface area is 99.0 Å². The van der Waals surface area contributed by atoms with Crippen molar-refractivity contribution in [2.24, 2.45) is 11.1 Å². The predicted molar refractivity (Wildman–Crippen MR) is 68.5 cm³/mol. The van der Waals surface area contributed by atoms with E-state index >= 15 is 0 Å². The lowest BCUT2D eigenvalue weighted by molar-refractivity contribution is 0.321. The van der Waals surface area contributed by atoms with Crippen molar-refractivity contribution in [3.8, 4) is 0 Å². The Morgan fingerprint density at radius 3 is 2.38 bits per heavy atom. The average Bonchev–Trinajstić information content (AvgIpc) is 2.37. The summed E-state index contributed by atoms with van der Waals surface area (Å²) in [5.74, 6) is 0. The zero-order chi connectivity index (χ0) is 12.3. The Hall–Kier alpha value is -0.830. The third kappa shape index (κ3) is 3.34. The van der Waals surface area contributed by atoms with Crippen LogP contribution in [0.15, 0.2) is 0 Å². The number of aryl methyl sites for hydroxylation is 1. The zero-order valence-electron chi connectivity index (χ0n) is 11.3. The van der Waals surface area contributed by atoms with Gasteiger partial charge < -0.3 is 5.73 Å². The normalized spacial score (nSPS) is 12.1. The maximum atomic E-state index is 5.56. The molecule has 3 heteroatoms. The van der Waals surface area contributed by atoms with Gasteiger partial charge in [-0.25, -0.2) is 0 Å². The third-order valence-corrected chi connectivity index (χ3v) is 2.79. The largest absolute Gasteiger partial charge is 0.330 e.